The SMILES string of the molecule is C=C(C)CCNC1CC(C)(C)CC(C)(C)C1. The van der Waals surface area contributed by atoms with Crippen LogP contribution in [0.25, 0.3) is 0 Å². The first-order chi connectivity index (χ1) is 7.20. The maximum absolute atomic E-state index is 3.95. The quantitative estimate of drug-likeness (QED) is 0.706. The molecule has 1 aliphatic rings. The van der Waals surface area contributed by atoms with Gasteiger partial charge in [-0.25, -0.2) is 0 Å². The van der Waals surface area contributed by atoms with Gasteiger partial charge in [-0.1, -0.05) is 33.3 Å². The summed E-state index contributed by atoms with van der Waals surface area (Å²) in [6.07, 6.45) is 5.08. The van der Waals surface area contributed by atoms with Crippen LogP contribution < -0.4 is 5.32 Å². The summed E-state index contributed by atoms with van der Waals surface area (Å²) in [6.45, 7) is 16.8. The van der Waals surface area contributed by atoms with Gasteiger partial charge in [0.05, 0.1) is 0 Å². The van der Waals surface area contributed by atoms with Crippen LogP contribution in [-0.2, 0) is 0 Å². The number of hydrogen-bond acceptors (Lipinski definition) is 1. The van der Waals surface area contributed by atoms with Crippen LogP contribution in [0.1, 0.15) is 60.3 Å². The van der Waals surface area contributed by atoms with Crippen molar-refractivity contribution in [1.29, 1.82) is 0 Å². The first-order valence-electron chi connectivity index (χ1n) is 6.58. The maximum Gasteiger partial charge on any atom is 0.00773 e. The molecule has 16 heavy (non-hydrogen) atoms. The summed E-state index contributed by atoms with van der Waals surface area (Å²) in [7, 11) is 0. The fraction of sp³-hybridized carbons (Fsp3) is 0.867. The molecule has 1 rings (SSSR count). The van der Waals surface area contributed by atoms with Crippen LogP contribution in [0.15, 0.2) is 12.2 Å². The van der Waals surface area contributed by atoms with E-state index in [1.807, 2.05) is 0 Å². The molecule has 0 amide bonds. The van der Waals surface area contributed by atoms with Gasteiger partial charge in [-0.15, -0.1) is 6.58 Å². The lowest BCUT2D eigenvalue weighted by atomic mass is 9.63. The third-order valence-electron chi connectivity index (χ3n) is 3.54. The van der Waals surface area contributed by atoms with Crippen LogP contribution in [0, 0.1) is 10.8 Å². The molecule has 1 heteroatoms. The predicted molar refractivity (Wildman–Crippen MR) is 72.6 cm³/mol. The second-order valence-corrected chi connectivity index (χ2v) is 7.27. The van der Waals surface area contributed by atoms with Gasteiger partial charge in [-0.3, -0.25) is 0 Å². The third-order valence-corrected chi connectivity index (χ3v) is 3.54. The molecule has 1 saturated carbocycles. The Morgan fingerprint density at radius 2 is 1.69 bits per heavy atom. The van der Waals surface area contributed by atoms with Crippen molar-refractivity contribution in [3.8, 4) is 0 Å². The Bertz CT molecular complexity index is 234. The number of hydrogen-bond donors (Lipinski definition) is 1. The molecule has 1 fully saturated rings. The zero-order valence-corrected chi connectivity index (χ0v) is 11.8. The summed E-state index contributed by atoms with van der Waals surface area (Å²) in [4.78, 5) is 0. The minimum absolute atomic E-state index is 0.489. The van der Waals surface area contributed by atoms with Crippen LogP contribution >= 0.6 is 0 Å². The smallest absolute Gasteiger partial charge is 0.00773 e. The molecule has 0 radical (unpaired) electrons. The highest BCUT2D eigenvalue weighted by molar-refractivity contribution is 4.93. The molecule has 0 atom stereocenters. The molecule has 0 bridgehead atoms. The van der Waals surface area contributed by atoms with Gasteiger partial charge in [0.2, 0.25) is 0 Å². The Morgan fingerprint density at radius 3 is 2.12 bits per heavy atom. The average Bonchev–Trinajstić information content (AvgIpc) is 1.96. The van der Waals surface area contributed by atoms with Gasteiger partial charge in [-0.2, -0.15) is 0 Å². The second-order valence-electron chi connectivity index (χ2n) is 7.27. The highest BCUT2D eigenvalue weighted by atomic mass is 14.9. The lowest BCUT2D eigenvalue weighted by molar-refractivity contribution is 0.0854. The van der Waals surface area contributed by atoms with Gasteiger partial charge in [-0.05, 0) is 50.0 Å². The van der Waals surface area contributed by atoms with Crippen molar-refractivity contribution in [1.82, 2.24) is 5.32 Å². The highest BCUT2D eigenvalue weighted by Gasteiger charge is 2.37. The Labute approximate surface area is 102 Å². The fourth-order valence-corrected chi connectivity index (χ4v) is 3.48. The monoisotopic (exact) mass is 223 g/mol. The molecule has 0 saturated heterocycles. The topological polar surface area (TPSA) is 12.0 Å². The summed E-state index contributed by atoms with van der Waals surface area (Å²) < 4.78 is 0. The standard InChI is InChI=1S/C15H29N/c1-12(2)7-8-16-13-9-14(3,4)11-15(5,6)10-13/h13,16H,1,7-11H2,2-6H3. The van der Waals surface area contributed by atoms with Gasteiger partial charge >= 0.3 is 0 Å². The van der Waals surface area contributed by atoms with E-state index in [4.69, 9.17) is 0 Å². The van der Waals surface area contributed by atoms with Crippen LogP contribution in [0.3, 0.4) is 0 Å². The van der Waals surface area contributed by atoms with Gasteiger partial charge in [0, 0.05) is 6.04 Å². The molecule has 0 aliphatic heterocycles. The van der Waals surface area contributed by atoms with E-state index in [2.05, 4.69) is 46.5 Å². The highest BCUT2D eigenvalue weighted by Crippen LogP contribution is 2.45. The molecule has 0 unspecified atom stereocenters. The minimum Gasteiger partial charge on any atom is -0.314 e. The molecular formula is C15H29N. The van der Waals surface area contributed by atoms with E-state index in [1.165, 1.54) is 24.8 Å². The van der Waals surface area contributed by atoms with Crippen molar-refractivity contribution in [3.63, 3.8) is 0 Å². The Hall–Kier alpha value is -0.300. The zero-order valence-electron chi connectivity index (χ0n) is 11.8. The molecule has 0 aromatic heterocycles. The van der Waals surface area contributed by atoms with Crippen LogP contribution in [0.5, 0.6) is 0 Å². The maximum atomic E-state index is 3.95. The van der Waals surface area contributed by atoms with Gasteiger partial charge in [0.25, 0.3) is 0 Å². The average molecular weight is 223 g/mol. The van der Waals surface area contributed by atoms with E-state index in [-0.39, 0.29) is 0 Å². The fourth-order valence-electron chi connectivity index (χ4n) is 3.48. The van der Waals surface area contributed by atoms with E-state index >= 15 is 0 Å². The van der Waals surface area contributed by atoms with Crippen LogP contribution in [0.4, 0.5) is 0 Å². The van der Waals surface area contributed by atoms with Crippen molar-refractivity contribution in [3.05, 3.63) is 12.2 Å². The van der Waals surface area contributed by atoms with Crippen molar-refractivity contribution < 1.29 is 0 Å². The predicted octanol–water partition coefficient (Wildman–Crippen LogP) is 4.15. The first kappa shape index (κ1) is 13.8. The van der Waals surface area contributed by atoms with Gasteiger partial charge < -0.3 is 5.32 Å². The van der Waals surface area contributed by atoms with E-state index in [1.54, 1.807) is 0 Å². The summed E-state index contributed by atoms with van der Waals surface area (Å²) in [5, 5.41) is 3.70. The van der Waals surface area contributed by atoms with Crippen molar-refractivity contribution in [2.45, 2.75) is 66.3 Å². The molecule has 94 valence electrons. The summed E-state index contributed by atoms with van der Waals surface area (Å²) in [5.41, 5.74) is 2.26. The van der Waals surface area contributed by atoms with Gasteiger partial charge in [0.1, 0.15) is 0 Å². The molecule has 1 aliphatic carbocycles. The normalized spacial score (nSPS) is 24.3. The lowest BCUT2D eigenvalue weighted by Crippen LogP contribution is -2.44. The summed E-state index contributed by atoms with van der Waals surface area (Å²) in [6, 6.07) is 0.693. The molecule has 0 aromatic carbocycles. The largest absolute Gasteiger partial charge is 0.314 e. The number of rotatable bonds is 4. The van der Waals surface area contributed by atoms with Crippen molar-refractivity contribution in [2.24, 2.45) is 10.8 Å². The molecule has 1 nitrogen and oxygen atoms in total. The van der Waals surface area contributed by atoms with E-state index < -0.39 is 0 Å². The van der Waals surface area contributed by atoms with Gasteiger partial charge in [0.15, 0.2) is 0 Å². The second kappa shape index (κ2) is 4.91. The van der Waals surface area contributed by atoms with E-state index in [0.29, 0.717) is 16.9 Å². The number of nitrogens with one attached hydrogen (secondary N) is 1. The molecule has 0 aromatic rings. The van der Waals surface area contributed by atoms with Crippen LogP contribution in [-0.4, -0.2) is 12.6 Å². The van der Waals surface area contributed by atoms with E-state index in [0.717, 1.165) is 13.0 Å². The Kier molecular flexibility index (Phi) is 4.23. The molecular weight excluding hydrogens is 194 g/mol. The Morgan fingerprint density at radius 1 is 1.19 bits per heavy atom. The minimum atomic E-state index is 0.489. The third kappa shape index (κ3) is 4.69. The Balaban J connectivity index is 2.45. The molecule has 0 heterocycles. The van der Waals surface area contributed by atoms with Crippen LogP contribution in [0.2, 0.25) is 0 Å². The van der Waals surface area contributed by atoms with Crippen molar-refractivity contribution in [2.75, 3.05) is 6.54 Å². The first-order valence-corrected chi connectivity index (χ1v) is 6.58. The molecule has 1 N–H and O–H groups in total. The zero-order chi connectivity index (χ0) is 12.4. The van der Waals surface area contributed by atoms with Crippen molar-refractivity contribution >= 4 is 0 Å². The summed E-state index contributed by atoms with van der Waals surface area (Å²) in [5.74, 6) is 0. The van der Waals surface area contributed by atoms with E-state index in [9.17, 15) is 0 Å². The molecule has 0 spiro atoms. The summed E-state index contributed by atoms with van der Waals surface area (Å²) >= 11 is 0. The lowest BCUT2D eigenvalue weighted by Gasteiger charge is -2.45.